The number of carbonyl (C=O) groups is 1. The van der Waals surface area contributed by atoms with Gasteiger partial charge in [0.05, 0.1) is 11.3 Å². The Morgan fingerprint density at radius 3 is 2.56 bits per heavy atom. The van der Waals surface area contributed by atoms with Crippen molar-refractivity contribution >= 4 is 28.5 Å². The molecule has 2 aromatic rings. The molecule has 142 valence electrons. The van der Waals surface area contributed by atoms with Gasteiger partial charge in [-0.1, -0.05) is 26.0 Å². The van der Waals surface area contributed by atoms with E-state index in [9.17, 15) is 9.18 Å². The second kappa shape index (κ2) is 8.25. The van der Waals surface area contributed by atoms with Gasteiger partial charge < -0.3 is 15.5 Å². The lowest BCUT2D eigenvalue weighted by molar-refractivity contribution is -0.110. The third-order valence-corrected chi connectivity index (χ3v) is 4.69. The maximum Gasteiger partial charge on any atom is 0.257 e. The van der Waals surface area contributed by atoms with Gasteiger partial charge in [-0.3, -0.25) is 4.79 Å². The number of carbonyl (C=O) groups excluding carboxylic acids is 1. The zero-order chi connectivity index (χ0) is 19.4. The zero-order valence-corrected chi connectivity index (χ0v) is 16.1. The van der Waals surface area contributed by atoms with E-state index in [1.807, 2.05) is 31.2 Å². The van der Waals surface area contributed by atoms with E-state index in [2.05, 4.69) is 29.4 Å². The van der Waals surface area contributed by atoms with Gasteiger partial charge >= 0.3 is 0 Å². The molecule has 0 aromatic heterocycles. The van der Waals surface area contributed by atoms with Crippen molar-refractivity contribution in [3.8, 4) is 0 Å². The van der Waals surface area contributed by atoms with Crippen LogP contribution < -0.4 is 15.5 Å². The predicted octanol–water partition coefficient (Wildman–Crippen LogP) is 5.17. The Labute approximate surface area is 160 Å². The average molecular weight is 367 g/mol. The second-order valence-corrected chi connectivity index (χ2v) is 6.81. The molecule has 0 aliphatic carbocycles. The summed E-state index contributed by atoms with van der Waals surface area (Å²) in [6.45, 7) is 7.82. The molecule has 0 saturated heterocycles. The highest BCUT2D eigenvalue weighted by Crippen LogP contribution is 2.34. The number of nitrogens with zero attached hydrogens (tertiary/aromatic N) is 1. The predicted molar refractivity (Wildman–Crippen MR) is 111 cm³/mol. The van der Waals surface area contributed by atoms with Gasteiger partial charge in [0.15, 0.2) is 0 Å². The summed E-state index contributed by atoms with van der Waals surface area (Å²) < 4.78 is 14.6. The fourth-order valence-corrected chi connectivity index (χ4v) is 3.47. The maximum absolute atomic E-state index is 14.6. The third kappa shape index (κ3) is 3.97. The van der Waals surface area contributed by atoms with Crippen molar-refractivity contribution < 1.29 is 9.18 Å². The van der Waals surface area contributed by atoms with E-state index in [1.165, 1.54) is 6.07 Å². The molecule has 1 aliphatic rings. The van der Waals surface area contributed by atoms with Gasteiger partial charge in [0.25, 0.3) is 5.91 Å². The lowest BCUT2D eigenvalue weighted by atomic mass is 10.0. The van der Waals surface area contributed by atoms with Crippen LogP contribution in [0, 0.1) is 12.7 Å². The fourth-order valence-electron chi connectivity index (χ4n) is 3.47. The Balaban J connectivity index is 1.82. The van der Waals surface area contributed by atoms with Crippen LogP contribution in [0.15, 0.2) is 42.6 Å². The van der Waals surface area contributed by atoms with Crippen molar-refractivity contribution in [1.82, 2.24) is 0 Å². The number of hydrogen-bond donors (Lipinski definition) is 2. The van der Waals surface area contributed by atoms with Crippen molar-refractivity contribution in [3.05, 3.63) is 59.5 Å². The first-order valence-electron chi connectivity index (χ1n) is 9.47. The molecule has 1 amide bonds. The number of benzene rings is 2. The molecule has 2 N–H and O–H groups in total. The lowest BCUT2D eigenvalue weighted by Gasteiger charge is -2.24. The van der Waals surface area contributed by atoms with Crippen molar-refractivity contribution in [2.45, 2.75) is 33.6 Å². The van der Waals surface area contributed by atoms with E-state index < -0.39 is 0 Å². The zero-order valence-electron chi connectivity index (χ0n) is 16.1. The molecule has 0 atom stereocenters. The highest BCUT2D eigenvalue weighted by molar-refractivity contribution is 6.32. The van der Waals surface area contributed by atoms with Crippen LogP contribution in [0.3, 0.4) is 0 Å². The van der Waals surface area contributed by atoms with E-state index in [0.29, 0.717) is 16.9 Å². The minimum Gasteiger partial charge on any atom is -0.369 e. The lowest BCUT2D eigenvalue weighted by Crippen LogP contribution is -2.25. The Kier molecular flexibility index (Phi) is 5.79. The number of halogens is 1. The SMILES string of the molecule is CCCN(CCC)c1ccc(NC=C2C(=O)Nc3cccc(C)c32)cc1F. The van der Waals surface area contributed by atoms with Gasteiger partial charge in [0, 0.05) is 36.2 Å². The number of anilines is 3. The molecule has 0 radical (unpaired) electrons. The quantitative estimate of drug-likeness (QED) is 0.664. The molecular weight excluding hydrogens is 341 g/mol. The monoisotopic (exact) mass is 367 g/mol. The van der Waals surface area contributed by atoms with Gasteiger partial charge in [0.2, 0.25) is 0 Å². The van der Waals surface area contributed by atoms with Crippen LogP contribution in [-0.4, -0.2) is 19.0 Å². The molecule has 0 bridgehead atoms. The average Bonchev–Trinajstić information content (AvgIpc) is 2.96. The molecule has 5 heteroatoms. The van der Waals surface area contributed by atoms with Crippen LogP contribution in [0.25, 0.3) is 5.57 Å². The molecule has 3 rings (SSSR count). The summed E-state index contributed by atoms with van der Waals surface area (Å²) >= 11 is 0. The highest BCUT2D eigenvalue weighted by Gasteiger charge is 2.25. The van der Waals surface area contributed by atoms with E-state index in [0.717, 1.165) is 42.7 Å². The van der Waals surface area contributed by atoms with Gasteiger partial charge in [-0.2, -0.15) is 0 Å². The second-order valence-electron chi connectivity index (χ2n) is 6.81. The summed E-state index contributed by atoms with van der Waals surface area (Å²) in [5.41, 5.74) is 4.53. The Morgan fingerprint density at radius 1 is 1.15 bits per heavy atom. The number of fused-ring (bicyclic) bond motifs is 1. The molecule has 0 unspecified atom stereocenters. The molecule has 0 spiro atoms. The molecule has 27 heavy (non-hydrogen) atoms. The fraction of sp³-hybridized carbons (Fsp3) is 0.318. The minimum absolute atomic E-state index is 0.152. The molecule has 2 aromatic carbocycles. The van der Waals surface area contributed by atoms with E-state index in [-0.39, 0.29) is 11.7 Å². The number of aryl methyl sites for hydroxylation is 1. The number of rotatable bonds is 7. The maximum atomic E-state index is 14.6. The summed E-state index contributed by atoms with van der Waals surface area (Å²) in [6, 6.07) is 10.9. The van der Waals surface area contributed by atoms with Crippen molar-refractivity contribution in [2.24, 2.45) is 0 Å². The van der Waals surface area contributed by atoms with Crippen LogP contribution in [0.2, 0.25) is 0 Å². The van der Waals surface area contributed by atoms with E-state index in [4.69, 9.17) is 0 Å². The number of amides is 1. The smallest absolute Gasteiger partial charge is 0.257 e. The third-order valence-electron chi connectivity index (χ3n) is 4.69. The molecule has 1 aliphatic heterocycles. The molecule has 0 fully saturated rings. The van der Waals surface area contributed by atoms with Crippen molar-refractivity contribution in [2.75, 3.05) is 28.6 Å². The van der Waals surface area contributed by atoms with Gasteiger partial charge in [-0.25, -0.2) is 4.39 Å². The van der Waals surface area contributed by atoms with Crippen LogP contribution in [0.1, 0.15) is 37.8 Å². The Bertz CT molecular complexity index is 870. The van der Waals surface area contributed by atoms with Gasteiger partial charge in [-0.05, 0) is 49.6 Å². The summed E-state index contributed by atoms with van der Waals surface area (Å²) in [5.74, 6) is -0.409. The summed E-state index contributed by atoms with van der Waals surface area (Å²) in [4.78, 5) is 14.3. The van der Waals surface area contributed by atoms with Crippen molar-refractivity contribution in [1.29, 1.82) is 0 Å². The summed E-state index contributed by atoms with van der Waals surface area (Å²) in [6.07, 6.45) is 3.59. The topological polar surface area (TPSA) is 44.4 Å². The first-order valence-corrected chi connectivity index (χ1v) is 9.47. The van der Waals surface area contributed by atoms with E-state index >= 15 is 0 Å². The van der Waals surface area contributed by atoms with Crippen LogP contribution in [0.4, 0.5) is 21.5 Å². The van der Waals surface area contributed by atoms with Crippen LogP contribution in [-0.2, 0) is 4.79 Å². The first-order chi connectivity index (χ1) is 13.0. The van der Waals surface area contributed by atoms with Gasteiger partial charge in [-0.15, -0.1) is 0 Å². The molecule has 1 heterocycles. The highest BCUT2D eigenvalue weighted by atomic mass is 19.1. The number of nitrogens with one attached hydrogen (secondary N) is 2. The minimum atomic E-state index is -0.257. The Hall–Kier alpha value is -2.82. The van der Waals surface area contributed by atoms with Crippen LogP contribution in [0.5, 0.6) is 0 Å². The van der Waals surface area contributed by atoms with Gasteiger partial charge in [0.1, 0.15) is 5.82 Å². The normalized spacial score (nSPS) is 14.2. The number of hydrogen-bond acceptors (Lipinski definition) is 3. The standard InChI is InChI=1S/C22H26FN3O/c1-4-11-26(12-5-2)20-10-9-16(13-18(20)23)24-14-17-21-15(3)7-6-8-19(21)25-22(17)27/h6-10,13-14,24H,4-5,11-12H2,1-3H3,(H,25,27). The van der Waals surface area contributed by atoms with E-state index in [1.54, 1.807) is 12.3 Å². The largest absolute Gasteiger partial charge is 0.369 e. The summed E-state index contributed by atoms with van der Waals surface area (Å²) in [7, 11) is 0. The summed E-state index contributed by atoms with van der Waals surface area (Å²) in [5, 5.41) is 5.93. The molecule has 4 nitrogen and oxygen atoms in total. The van der Waals surface area contributed by atoms with Crippen molar-refractivity contribution in [3.63, 3.8) is 0 Å². The first kappa shape index (κ1) is 19.0. The molecule has 0 saturated carbocycles. The van der Waals surface area contributed by atoms with Crippen LogP contribution >= 0.6 is 0 Å². The Morgan fingerprint density at radius 2 is 1.89 bits per heavy atom. The molecular formula is C22H26FN3O.